The second kappa shape index (κ2) is 5.09. The molecule has 0 aliphatic carbocycles. The van der Waals surface area contributed by atoms with Gasteiger partial charge in [0, 0.05) is 23.7 Å². The van der Waals surface area contributed by atoms with E-state index in [1.165, 1.54) is 6.20 Å². The number of carboxylic acid groups (broad SMARTS) is 1. The van der Waals surface area contributed by atoms with Crippen LogP contribution in [0.15, 0.2) is 30.5 Å². The third-order valence-electron chi connectivity index (χ3n) is 3.23. The smallest absolute Gasteiger partial charge is 0.356 e. The minimum Gasteiger partial charge on any atom is -0.476 e. The molecule has 20 heavy (non-hydrogen) atoms. The molecule has 1 saturated heterocycles. The van der Waals surface area contributed by atoms with Gasteiger partial charge in [-0.15, -0.1) is 0 Å². The van der Waals surface area contributed by atoms with Crippen molar-refractivity contribution in [3.63, 3.8) is 0 Å². The molecule has 5 nitrogen and oxygen atoms in total. The molecular weight excluding hydrogens is 278 g/mol. The van der Waals surface area contributed by atoms with Gasteiger partial charge in [-0.2, -0.15) is 0 Å². The highest BCUT2D eigenvalue weighted by atomic mass is 35.5. The lowest BCUT2D eigenvalue weighted by atomic mass is 10.1. The number of aromatic carboxylic acids is 1. The summed E-state index contributed by atoms with van der Waals surface area (Å²) in [6.45, 7) is 1.82. The van der Waals surface area contributed by atoms with Crippen LogP contribution in [-0.4, -0.2) is 34.1 Å². The van der Waals surface area contributed by atoms with Gasteiger partial charge in [-0.3, -0.25) is 0 Å². The van der Waals surface area contributed by atoms with E-state index >= 15 is 0 Å². The second-order valence-corrected chi connectivity index (χ2v) is 5.02. The van der Waals surface area contributed by atoms with Gasteiger partial charge in [0.05, 0.1) is 6.20 Å². The Balaban J connectivity index is 2.14. The molecule has 102 valence electrons. The van der Waals surface area contributed by atoms with E-state index in [4.69, 9.17) is 16.7 Å². The molecule has 0 atom stereocenters. The summed E-state index contributed by atoms with van der Waals surface area (Å²) in [6.07, 6.45) is 2.40. The number of carboxylic acids is 1. The van der Waals surface area contributed by atoms with Gasteiger partial charge >= 0.3 is 5.97 Å². The van der Waals surface area contributed by atoms with Crippen molar-refractivity contribution in [1.82, 2.24) is 9.97 Å². The summed E-state index contributed by atoms with van der Waals surface area (Å²) in [4.78, 5) is 21.6. The van der Waals surface area contributed by atoms with Gasteiger partial charge in [0.1, 0.15) is 5.69 Å². The fraction of sp³-hybridized carbons (Fsp3) is 0.214. The molecule has 6 heteroatoms. The molecule has 0 unspecified atom stereocenters. The lowest BCUT2D eigenvalue weighted by Gasteiger charge is -2.33. The van der Waals surface area contributed by atoms with Crippen LogP contribution in [0.5, 0.6) is 0 Å². The molecule has 0 saturated carbocycles. The van der Waals surface area contributed by atoms with Crippen LogP contribution in [-0.2, 0) is 0 Å². The van der Waals surface area contributed by atoms with Crippen LogP contribution in [0.2, 0.25) is 5.02 Å². The lowest BCUT2D eigenvalue weighted by molar-refractivity contribution is 0.0690. The summed E-state index contributed by atoms with van der Waals surface area (Å²) in [5.41, 5.74) is 1.27. The van der Waals surface area contributed by atoms with Crippen LogP contribution in [0.1, 0.15) is 16.9 Å². The standard InChI is InChI=1S/C14H12ClN3O2/c15-10-4-1-3-9(7-10)12-13(18-5-2-6-18)16-8-11(17-12)14(19)20/h1,3-4,7-8H,2,5-6H2,(H,19,20). The van der Waals surface area contributed by atoms with Crippen molar-refractivity contribution >= 4 is 23.4 Å². The molecule has 0 amide bonds. The fourth-order valence-corrected chi connectivity index (χ4v) is 2.26. The van der Waals surface area contributed by atoms with Gasteiger partial charge in [-0.1, -0.05) is 23.7 Å². The second-order valence-electron chi connectivity index (χ2n) is 4.58. The number of benzene rings is 1. The highest BCUT2D eigenvalue weighted by Crippen LogP contribution is 2.31. The van der Waals surface area contributed by atoms with E-state index in [1.54, 1.807) is 12.1 Å². The molecule has 2 aromatic rings. The van der Waals surface area contributed by atoms with Crippen LogP contribution in [0, 0.1) is 0 Å². The van der Waals surface area contributed by atoms with Crippen molar-refractivity contribution in [2.45, 2.75) is 6.42 Å². The van der Waals surface area contributed by atoms with E-state index in [-0.39, 0.29) is 5.69 Å². The van der Waals surface area contributed by atoms with E-state index in [2.05, 4.69) is 14.9 Å². The molecule has 1 N–H and O–H groups in total. The van der Waals surface area contributed by atoms with Crippen LogP contribution < -0.4 is 4.90 Å². The summed E-state index contributed by atoms with van der Waals surface area (Å²) in [7, 11) is 0. The molecule has 3 rings (SSSR count). The van der Waals surface area contributed by atoms with Crippen LogP contribution in [0.25, 0.3) is 11.3 Å². The number of halogens is 1. The number of hydrogen-bond acceptors (Lipinski definition) is 4. The van der Waals surface area contributed by atoms with Crippen LogP contribution >= 0.6 is 11.6 Å². The summed E-state index contributed by atoms with van der Waals surface area (Å²) < 4.78 is 0. The van der Waals surface area contributed by atoms with E-state index in [9.17, 15) is 4.79 Å². The average molecular weight is 290 g/mol. The highest BCUT2D eigenvalue weighted by molar-refractivity contribution is 6.30. The normalized spacial score (nSPS) is 13.9. The minimum absolute atomic E-state index is 0.0655. The Morgan fingerprint density at radius 1 is 1.35 bits per heavy atom. The average Bonchev–Trinajstić information content (AvgIpc) is 2.37. The topological polar surface area (TPSA) is 66.3 Å². The maximum absolute atomic E-state index is 11.1. The van der Waals surface area contributed by atoms with Crippen molar-refractivity contribution in [2.75, 3.05) is 18.0 Å². The quantitative estimate of drug-likeness (QED) is 0.941. The molecule has 0 radical (unpaired) electrons. The summed E-state index contributed by atoms with van der Waals surface area (Å²) in [6, 6.07) is 7.20. The zero-order chi connectivity index (χ0) is 14.1. The van der Waals surface area contributed by atoms with Gasteiger partial charge in [0.15, 0.2) is 11.5 Å². The van der Waals surface area contributed by atoms with Gasteiger partial charge < -0.3 is 10.0 Å². The van der Waals surface area contributed by atoms with Crippen LogP contribution in [0.4, 0.5) is 5.82 Å². The molecule has 1 aromatic heterocycles. The van der Waals surface area contributed by atoms with Crippen molar-refractivity contribution in [1.29, 1.82) is 0 Å². The van der Waals surface area contributed by atoms with Crippen LogP contribution in [0.3, 0.4) is 0 Å². The Bertz CT molecular complexity index is 671. The summed E-state index contributed by atoms with van der Waals surface area (Å²) in [5.74, 6) is -0.376. The van der Waals surface area contributed by atoms with Crippen molar-refractivity contribution in [3.05, 3.63) is 41.2 Å². The van der Waals surface area contributed by atoms with Gasteiger partial charge in [-0.25, -0.2) is 14.8 Å². The molecule has 1 fully saturated rings. The van der Waals surface area contributed by atoms with E-state index in [0.717, 1.165) is 25.1 Å². The predicted molar refractivity (Wildman–Crippen MR) is 76.3 cm³/mol. The molecule has 1 aromatic carbocycles. The maximum Gasteiger partial charge on any atom is 0.356 e. The van der Waals surface area contributed by atoms with Crippen molar-refractivity contribution < 1.29 is 9.90 Å². The molecule has 1 aliphatic rings. The number of hydrogen-bond donors (Lipinski definition) is 1. The highest BCUT2D eigenvalue weighted by Gasteiger charge is 2.22. The fourth-order valence-electron chi connectivity index (χ4n) is 2.07. The first kappa shape index (κ1) is 12.9. The number of carbonyl (C=O) groups is 1. The summed E-state index contributed by atoms with van der Waals surface area (Å²) in [5, 5.41) is 9.65. The zero-order valence-electron chi connectivity index (χ0n) is 10.6. The predicted octanol–water partition coefficient (Wildman–Crippen LogP) is 2.71. The number of rotatable bonds is 3. The Morgan fingerprint density at radius 2 is 2.15 bits per heavy atom. The number of anilines is 1. The van der Waals surface area contributed by atoms with Gasteiger partial charge in [0.2, 0.25) is 0 Å². The molecular formula is C14H12ClN3O2. The van der Waals surface area contributed by atoms with Crippen molar-refractivity contribution in [2.24, 2.45) is 0 Å². The monoisotopic (exact) mass is 289 g/mol. The summed E-state index contributed by atoms with van der Waals surface area (Å²) >= 11 is 6.00. The van der Waals surface area contributed by atoms with E-state index < -0.39 is 5.97 Å². The Morgan fingerprint density at radius 3 is 2.75 bits per heavy atom. The largest absolute Gasteiger partial charge is 0.476 e. The Kier molecular flexibility index (Phi) is 3.28. The number of nitrogens with zero attached hydrogens (tertiary/aromatic N) is 3. The first-order valence-electron chi connectivity index (χ1n) is 6.26. The van der Waals surface area contributed by atoms with Gasteiger partial charge in [0.25, 0.3) is 0 Å². The van der Waals surface area contributed by atoms with Gasteiger partial charge in [-0.05, 0) is 18.6 Å². The van der Waals surface area contributed by atoms with Crippen molar-refractivity contribution in [3.8, 4) is 11.3 Å². The number of aromatic nitrogens is 2. The molecule has 2 heterocycles. The molecule has 0 spiro atoms. The maximum atomic E-state index is 11.1. The molecule has 1 aliphatic heterocycles. The lowest BCUT2D eigenvalue weighted by Crippen LogP contribution is -2.38. The minimum atomic E-state index is -1.09. The third-order valence-corrected chi connectivity index (χ3v) is 3.46. The molecule has 0 bridgehead atoms. The Hall–Kier alpha value is -2.14. The SMILES string of the molecule is O=C(O)c1cnc(N2CCC2)c(-c2cccc(Cl)c2)n1. The first-order valence-corrected chi connectivity index (χ1v) is 6.64. The zero-order valence-corrected chi connectivity index (χ0v) is 11.3. The van der Waals surface area contributed by atoms with E-state index in [1.807, 2.05) is 12.1 Å². The van der Waals surface area contributed by atoms with E-state index in [0.29, 0.717) is 16.5 Å². The Labute approximate surface area is 120 Å². The first-order chi connectivity index (χ1) is 9.65. The third kappa shape index (κ3) is 2.32.